The van der Waals surface area contributed by atoms with Gasteiger partial charge in [0.05, 0.1) is 11.3 Å². The van der Waals surface area contributed by atoms with Crippen molar-refractivity contribution in [1.29, 1.82) is 5.26 Å². The number of carbonyl (C=O) groups is 1. The van der Waals surface area contributed by atoms with E-state index in [1.165, 1.54) is 13.0 Å². The zero-order chi connectivity index (χ0) is 19.2. The van der Waals surface area contributed by atoms with E-state index >= 15 is 0 Å². The minimum Gasteiger partial charge on any atom is -0.447 e. The second kappa shape index (κ2) is 8.47. The lowest BCUT2D eigenvalue weighted by molar-refractivity contribution is -0.142. The Morgan fingerprint density at radius 3 is 2.63 bits per heavy atom. The summed E-state index contributed by atoms with van der Waals surface area (Å²) in [7, 11) is 0. The highest BCUT2D eigenvalue weighted by Crippen LogP contribution is 2.29. The number of para-hydroxylation sites is 1. The molecule has 0 aliphatic rings. The number of halogens is 1. The summed E-state index contributed by atoms with van der Waals surface area (Å²) in [6.45, 7) is 1.49. The number of esters is 1. The molecular weight excluding hydrogens is 367 g/mol. The first-order chi connectivity index (χ1) is 13.1. The average Bonchev–Trinajstić information content (AvgIpc) is 3.11. The quantitative estimate of drug-likeness (QED) is 0.478. The third-order valence-corrected chi connectivity index (χ3v) is 4.47. The van der Waals surface area contributed by atoms with Gasteiger partial charge in [0.15, 0.2) is 17.1 Å². The van der Waals surface area contributed by atoms with Crippen LogP contribution in [0.2, 0.25) is 0 Å². The minimum atomic E-state index is -0.820. The van der Waals surface area contributed by atoms with Crippen molar-refractivity contribution >= 4 is 17.7 Å². The molecule has 0 fully saturated rings. The molecule has 6 nitrogen and oxygen atoms in total. The molecule has 1 aromatic heterocycles. The van der Waals surface area contributed by atoms with E-state index in [0.29, 0.717) is 16.5 Å². The number of hydrogen-bond donors (Lipinski definition) is 0. The van der Waals surface area contributed by atoms with E-state index in [2.05, 4.69) is 10.2 Å². The zero-order valence-electron chi connectivity index (χ0n) is 14.4. The molecule has 0 aliphatic heterocycles. The maximum atomic E-state index is 14.3. The van der Waals surface area contributed by atoms with Gasteiger partial charge in [-0.05, 0) is 31.2 Å². The molecule has 0 spiro atoms. The van der Waals surface area contributed by atoms with Crippen LogP contribution < -0.4 is 0 Å². The predicted molar refractivity (Wildman–Crippen MR) is 98.6 cm³/mol. The molecule has 3 aromatic rings. The van der Waals surface area contributed by atoms with Gasteiger partial charge in [-0.25, -0.2) is 4.39 Å². The Labute approximate surface area is 159 Å². The maximum absolute atomic E-state index is 14.3. The van der Waals surface area contributed by atoms with Gasteiger partial charge < -0.3 is 4.74 Å². The third kappa shape index (κ3) is 4.33. The van der Waals surface area contributed by atoms with Crippen LogP contribution >= 0.6 is 11.8 Å². The number of thioether (sulfide) groups is 1. The van der Waals surface area contributed by atoms with Crippen molar-refractivity contribution in [3.05, 3.63) is 60.4 Å². The molecule has 1 atom stereocenters. The molecule has 2 aromatic carbocycles. The monoisotopic (exact) mass is 382 g/mol. The fraction of sp³-hybridized carbons (Fsp3) is 0.158. The first-order valence-corrected chi connectivity index (χ1v) is 9.06. The molecule has 0 amide bonds. The number of benzene rings is 2. The second-order valence-electron chi connectivity index (χ2n) is 5.51. The summed E-state index contributed by atoms with van der Waals surface area (Å²) in [6, 6.07) is 17.4. The van der Waals surface area contributed by atoms with E-state index in [9.17, 15) is 9.18 Å². The van der Waals surface area contributed by atoms with E-state index in [1.807, 2.05) is 36.4 Å². The lowest BCUT2D eigenvalue weighted by atomic mass is 10.2. The first kappa shape index (κ1) is 18.6. The number of carbonyl (C=O) groups excluding carboxylic acids is 1. The number of ether oxygens (including phenoxy) is 1. The van der Waals surface area contributed by atoms with Crippen molar-refractivity contribution in [3.8, 4) is 23.1 Å². The lowest BCUT2D eigenvalue weighted by Gasteiger charge is -2.11. The number of nitriles is 1. The van der Waals surface area contributed by atoms with Crippen molar-refractivity contribution in [2.75, 3.05) is 5.75 Å². The molecule has 27 heavy (non-hydrogen) atoms. The topological polar surface area (TPSA) is 80.8 Å². The van der Waals surface area contributed by atoms with Crippen molar-refractivity contribution in [3.63, 3.8) is 0 Å². The molecule has 0 saturated carbocycles. The SMILES string of the molecule is CC(C#N)OC(=O)CSc1nnc(-c2ccccc2F)n1-c1ccccc1. The van der Waals surface area contributed by atoms with Crippen molar-refractivity contribution in [2.45, 2.75) is 18.2 Å². The van der Waals surface area contributed by atoms with Gasteiger partial charge >= 0.3 is 5.97 Å². The average molecular weight is 382 g/mol. The molecule has 1 heterocycles. The van der Waals surface area contributed by atoms with Crippen LogP contribution in [-0.4, -0.2) is 32.6 Å². The number of hydrogen-bond acceptors (Lipinski definition) is 6. The molecule has 1 unspecified atom stereocenters. The smallest absolute Gasteiger partial charge is 0.317 e. The zero-order valence-corrected chi connectivity index (χ0v) is 15.2. The Morgan fingerprint density at radius 2 is 1.93 bits per heavy atom. The summed E-state index contributed by atoms with van der Waals surface area (Å²) < 4.78 is 20.9. The van der Waals surface area contributed by atoms with Crippen LogP contribution in [-0.2, 0) is 9.53 Å². The summed E-state index contributed by atoms with van der Waals surface area (Å²) in [4.78, 5) is 11.9. The summed E-state index contributed by atoms with van der Waals surface area (Å²) in [5.74, 6) is -0.667. The molecule has 0 radical (unpaired) electrons. The van der Waals surface area contributed by atoms with E-state index in [4.69, 9.17) is 10.00 Å². The van der Waals surface area contributed by atoms with E-state index in [-0.39, 0.29) is 5.75 Å². The van der Waals surface area contributed by atoms with Crippen LogP contribution in [0.5, 0.6) is 0 Å². The van der Waals surface area contributed by atoms with Gasteiger partial charge in [0.25, 0.3) is 0 Å². The molecule has 0 N–H and O–H groups in total. The van der Waals surface area contributed by atoms with Crippen LogP contribution in [0.25, 0.3) is 17.1 Å². The lowest BCUT2D eigenvalue weighted by Crippen LogP contribution is -2.15. The van der Waals surface area contributed by atoms with Gasteiger partial charge in [-0.3, -0.25) is 9.36 Å². The molecule has 136 valence electrons. The largest absolute Gasteiger partial charge is 0.447 e. The number of rotatable bonds is 6. The highest BCUT2D eigenvalue weighted by molar-refractivity contribution is 7.99. The van der Waals surface area contributed by atoms with Gasteiger partial charge in [-0.15, -0.1) is 10.2 Å². The standard InChI is InChI=1S/C19H15FN4O2S/c1-13(11-21)26-17(25)12-27-19-23-22-18(15-9-5-6-10-16(15)20)24(19)14-7-3-2-4-8-14/h2-10,13H,12H2,1H3. The van der Waals surface area contributed by atoms with Crippen molar-refractivity contribution < 1.29 is 13.9 Å². The Kier molecular flexibility index (Phi) is 5.84. The molecule has 0 saturated heterocycles. The Hall–Kier alpha value is -3.18. The number of aromatic nitrogens is 3. The third-order valence-electron chi connectivity index (χ3n) is 3.57. The summed E-state index contributed by atoms with van der Waals surface area (Å²) in [6.07, 6.45) is -0.820. The summed E-state index contributed by atoms with van der Waals surface area (Å²) in [5, 5.41) is 17.4. The Balaban J connectivity index is 1.95. The molecule has 8 heteroatoms. The van der Waals surface area contributed by atoms with Crippen LogP contribution in [0, 0.1) is 17.1 Å². The van der Waals surface area contributed by atoms with Crippen molar-refractivity contribution in [2.24, 2.45) is 0 Å². The molecule has 0 bridgehead atoms. The van der Waals surface area contributed by atoms with Crippen LogP contribution in [0.15, 0.2) is 59.8 Å². The fourth-order valence-corrected chi connectivity index (χ4v) is 3.11. The fourth-order valence-electron chi connectivity index (χ4n) is 2.37. The molecule has 3 rings (SSSR count). The highest BCUT2D eigenvalue weighted by atomic mass is 32.2. The first-order valence-electron chi connectivity index (χ1n) is 8.07. The van der Waals surface area contributed by atoms with Gasteiger partial charge in [0, 0.05) is 5.69 Å². The highest BCUT2D eigenvalue weighted by Gasteiger charge is 2.20. The summed E-state index contributed by atoms with van der Waals surface area (Å²) >= 11 is 1.11. The van der Waals surface area contributed by atoms with Gasteiger partial charge in [0.2, 0.25) is 0 Å². The van der Waals surface area contributed by atoms with E-state index in [0.717, 1.165) is 17.4 Å². The summed E-state index contributed by atoms with van der Waals surface area (Å²) in [5.41, 5.74) is 1.04. The van der Waals surface area contributed by atoms with Crippen LogP contribution in [0.1, 0.15) is 6.92 Å². The van der Waals surface area contributed by atoms with Gasteiger partial charge in [-0.1, -0.05) is 42.1 Å². The van der Waals surface area contributed by atoms with E-state index < -0.39 is 17.9 Å². The van der Waals surface area contributed by atoms with Crippen LogP contribution in [0.3, 0.4) is 0 Å². The second-order valence-corrected chi connectivity index (χ2v) is 6.45. The normalized spacial score (nSPS) is 11.6. The Morgan fingerprint density at radius 1 is 1.22 bits per heavy atom. The predicted octanol–water partition coefficient (Wildman–Crippen LogP) is 3.62. The van der Waals surface area contributed by atoms with Crippen molar-refractivity contribution in [1.82, 2.24) is 14.8 Å². The number of nitrogens with zero attached hydrogens (tertiary/aromatic N) is 4. The van der Waals surface area contributed by atoms with Crippen LogP contribution in [0.4, 0.5) is 4.39 Å². The maximum Gasteiger partial charge on any atom is 0.317 e. The van der Waals surface area contributed by atoms with Gasteiger partial charge in [0.1, 0.15) is 11.9 Å². The minimum absolute atomic E-state index is 0.0474. The molecule has 0 aliphatic carbocycles. The van der Waals surface area contributed by atoms with Gasteiger partial charge in [-0.2, -0.15) is 5.26 Å². The Bertz CT molecular complexity index is 985. The van der Waals surface area contributed by atoms with E-state index in [1.54, 1.807) is 22.8 Å². The molecular formula is C19H15FN4O2S.